The molecule has 10 nitrogen and oxygen atoms in total. The number of pyridine rings is 1. The van der Waals surface area contributed by atoms with E-state index in [4.69, 9.17) is 17.0 Å². The van der Waals surface area contributed by atoms with Gasteiger partial charge in [-0.3, -0.25) is 19.9 Å². The number of thiocarbonyl (C=S) groups is 1. The molecule has 2 aromatic heterocycles. The lowest BCUT2D eigenvalue weighted by molar-refractivity contribution is -0.384. The number of methoxy groups -OCH3 is 1. The largest absolute Gasteiger partial charge is 0.495 e. The van der Waals surface area contributed by atoms with Gasteiger partial charge in [0, 0.05) is 48.4 Å². The molecule has 5 rings (SSSR count). The SMILES string of the molecule is COc1ccc([N+](=O)[O-])cc1-n1c(C)cc(C2C(c3ccccn3)NC(=S)N2CCC(=O)Nc2ccccc2C)c1C. The van der Waals surface area contributed by atoms with Crippen molar-refractivity contribution in [3.63, 3.8) is 0 Å². The van der Waals surface area contributed by atoms with Gasteiger partial charge in [-0.15, -0.1) is 0 Å². The van der Waals surface area contributed by atoms with E-state index < -0.39 is 4.92 Å². The molecule has 1 aliphatic rings. The quantitative estimate of drug-likeness (QED) is 0.146. The third-order valence-electron chi connectivity index (χ3n) is 7.60. The average molecular weight is 585 g/mol. The molecular formula is C31H32N6O4S. The summed E-state index contributed by atoms with van der Waals surface area (Å²) < 4.78 is 7.55. The number of nitro groups is 1. The molecule has 216 valence electrons. The Morgan fingerprint density at radius 3 is 2.57 bits per heavy atom. The normalized spacial score (nSPS) is 16.3. The zero-order chi connectivity index (χ0) is 30.0. The Hall–Kier alpha value is -4.77. The first-order valence-electron chi connectivity index (χ1n) is 13.5. The van der Waals surface area contributed by atoms with Crippen molar-refractivity contribution in [1.29, 1.82) is 0 Å². The van der Waals surface area contributed by atoms with E-state index in [-0.39, 0.29) is 30.1 Å². The maximum Gasteiger partial charge on any atom is 0.271 e. The molecule has 0 bridgehead atoms. The monoisotopic (exact) mass is 584 g/mol. The van der Waals surface area contributed by atoms with Gasteiger partial charge in [-0.1, -0.05) is 24.3 Å². The Morgan fingerprint density at radius 2 is 1.88 bits per heavy atom. The molecule has 42 heavy (non-hydrogen) atoms. The second-order valence-corrected chi connectivity index (χ2v) is 10.6. The lowest BCUT2D eigenvalue weighted by atomic mass is 9.96. The van der Waals surface area contributed by atoms with Gasteiger partial charge in [0.05, 0.1) is 35.5 Å². The van der Waals surface area contributed by atoms with Crippen molar-refractivity contribution in [2.75, 3.05) is 19.0 Å². The maximum atomic E-state index is 13.0. The third kappa shape index (κ3) is 5.55. The molecule has 0 radical (unpaired) electrons. The smallest absolute Gasteiger partial charge is 0.271 e. The number of aromatic nitrogens is 2. The molecule has 2 aromatic carbocycles. The fourth-order valence-electron chi connectivity index (χ4n) is 5.56. The van der Waals surface area contributed by atoms with Gasteiger partial charge in [-0.05, 0) is 74.4 Å². The molecule has 3 heterocycles. The van der Waals surface area contributed by atoms with E-state index in [9.17, 15) is 14.9 Å². The molecule has 2 N–H and O–H groups in total. The summed E-state index contributed by atoms with van der Waals surface area (Å²) in [5, 5.41) is 18.6. The summed E-state index contributed by atoms with van der Waals surface area (Å²) in [6.07, 6.45) is 1.96. The van der Waals surface area contributed by atoms with Crippen molar-refractivity contribution in [1.82, 2.24) is 19.8 Å². The van der Waals surface area contributed by atoms with Crippen molar-refractivity contribution < 1.29 is 14.5 Å². The predicted octanol–water partition coefficient (Wildman–Crippen LogP) is 5.72. The van der Waals surface area contributed by atoms with Crippen LogP contribution in [0.3, 0.4) is 0 Å². The molecule has 4 aromatic rings. The van der Waals surface area contributed by atoms with Crippen LogP contribution >= 0.6 is 12.2 Å². The summed E-state index contributed by atoms with van der Waals surface area (Å²) in [4.78, 5) is 30.8. The number of para-hydroxylation sites is 1. The van der Waals surface area contributed by atoms with Gasteiger partial charge in [-0.2, -0.15) is 0 Å². The van der Waals surface area contributed by atoms with Crippen LogP contribution < -0.4 is 15.4 Å². The van der Waals surface area contributed by atoms with Crippen molar-refractivity contribution in [2.24, 2.45) is 0 Å². The summed E-state index contributed by atoms with van der Waals surface area (Å²) in [7, 11) is 1.54. The molecular weight excluding hydrogens is 552 g/mol. The van der Waals surface area contributed by atoms with Crippen LogP contribution in [-0.4, -0.2) is 44.0 Å². The van der Waals surface area contributed by atoms with E-state index in [2.05, 4.69) is 21.7 Å². The molecule has 0 aliphatic carbocycles. The molecule has 1 aliphatic heterocycles. The number of nitro benzene ring substituents is 1. The molecule has 1 amide bonds. The molecule has 1 saturated heterocycles. The number of hydrogen-bond acceptors (Lipinski definition) is 6. The summed E-state index contributed by atoms with van der Waals surface area (Å²) in [6, 6.07) is 19.4. The fourth-order valence-corrected chi connectivity index (χ4v) is 5.89. The minimum absolute atomic E-state index is 0.0313. The van der Waals surface area contributed by atoms with Crippen LogP contribution in [0, 0.1) is 30.9 Å². The number of carbonyl (C=O) groups is 1. The highest BCUT2D eigenvalue weighted by molar-refractivity contribution is 7.80. The van der Waals surface area contributed by atoms with Crippen LogP contribution in [0.25, 0.3) is 5.69 Å². The zero-order valence-corrected chi connectivity index (χ0v) is 24.6. The first-order valence-corrected chi connectivity index (χ1v) is 14.0. The predicted molar refractivity (Wildman–Crippen MR) is 165 cm³/mol. The Kier molecular flexibility index (Phi) is 8.21. The highest BCUT2D eigenvalue weighted by Crippen LogP contribution is 2.42. The number of anilines is 1. The van der Waals surface area contributed by atoms with Crippen LogP contribution in [0.1, 0.15) is 46.7 Å². The van der Waals surface area contributed by atoms with Crippen LogP contribution in [0.5, 0.6) is 5.75 Å². The van der Waals surface area contributed by atoms with Crippen LogP contribution in [0.4, 0.5) is 11.4 Å². The maximum absolute atomic E-state index is 13.0. The second-order valence-electron chi connectivity index (χ2n) is 10.2. The molecule has 0 saturated carbocycles. The summed E-state index contributed by atoms with van der Waals surface area (Å²) in [6.45, 7) is 6.25. The Morgan fingerprint density at radius 1 is 1.12 bits per heavy atom. The van der Waals surface area contributed by atoms with Crippen molar-refractivity contribution in [3.8, 4) is 11.4 Å². The number of nitrogens with zero attached hydrogens (tertiary/aromatic N) is 4. The summed E-state index contributed by atoms with van der Waals surface area (Å²) in [5.41, 5.74) is 5.83. The topological polar surface area (TPSA) is 115 Å². The highest BCUT2D eigenvalue weighted by Gasteiger charge is 2.41. The third-order valence-corrected chi connectivity index (χ3v) is 7.95. The van der Waals surface area contributed by atoms with Gasteiger partial charge < -0.3 is 24.8 Å². The van der Waals surface area contributed by atoms with Crippen molar-refractivity contribution in [2.45, 2.75) is 39.3 Å². The summed E-state index contributed by atoms with van der Waals surface area (Å²) in [5.74, 6) is 0.402. The van der Waals surface area contributed by atoms with Gasteiger partial charge in [0.1, 0.15) is 5.75 Å². The van der Waals surface area contributed by atoms with Gasteiger partial charge >= 0.3 is 0 Å². The van der Waals surface area contributed by atoms with E-state index >= 15 is 0 Å². The van der Waals surface area contributed by atoms with Gasteiger partial charge in [0.25, 0.3) is 5.69 Å². The van der Waals surface area contributed by atoms with Crippen molar-refractivity contribution in [3.05, 3.63) is 111 Å². The molecule has 11 heteroatoms. The Balaban J connectivity index is 1.53. The summed E-state index contributed by atoms with van der Waals surface area (Å²) >= 11 is 5.81. The average Bonchev–Trinajstić information content (AvgIpc) is 3.47. The zero-order valence-electron chi connectivity index (χ0n) is 23.8. The standard InChI is InChI=1S/C31H32N6O4S/c1-19-9-5-6-10-24(19)33-28(38)14-16-35-30(29(34-31(35)42)25-11-7-8-15-32-25)23-17-20(2)36(21(23)3)26-18-22(37(39)40)12-13-27(26)41-4/h5-13,15,17-18,29-30H,14,16H2,1-4H3,(H,33,38)(H,34,42). The van der Waals surface area contributed by atoms with Crippen molar-refractivity contribution >= 4 is 34.6 Å². The Labute approximate surface area is 249 Å². The minimum Gasteiger partial charge on any atom is -0.495 e. The lowest BCUT2D eigenvalue weighted by Crippen LogP contribution is -2.33. The van der Waals surface area contributed by atoms with E-state index in [1.54, 1.807) is 19.4 Å². The van der Waals surface area contributed by atoms with E-state index in [0.29, 0.717) is 23.1 Å². The number of ether oxygens (including phenoxy) is 1. The molecule has 0 spiro atoms. The highest BCUT2D eigenvalue weighted by atomic mass is 32.1. The van der Waals surface area contributed by atoms with Gasteiger partial charge in [0.15, 0.2) is 5.11 Å². The molecule has 2 unspecified atom stereocenters. The number of rotatable bonds is 9. The van der Waals surface area contributed by atoms with E-state index in [1.165, 1.54) is 12.1 Å². The van der Waals surface area contributed by atoms with Crippen LogP contribution in [0.15, 0.2) is 72.9 Å². The minimum atomic E-state index is -0.418. The van der Waals surface area contributed by atoms with Gasteiger partial charge in [-0.25, -0.2) is 0 Å². The molecule has 1 fully saturated rings. The number of nitrogens with one attached hydrogen (secondary N) is 2. The fraction of sp³-hybridized carbons (Fsp3) is 0.258. The number of non-ortho nitro benzene ring substituents is 1. The number of hydrogen-bond donors (Lipinski definition) is 2. The first-order chi connectivity index (χ1) is 20.2. The number of amides is 1. The Bertz CT molecular complexity index is 1650. The van der Waals surface area contributed by atoms with E-state index in [1.807, 2.05) is 72.7 Å². The second kappa shape index (κ2) is 12.0. The number of carbonyl (C=O) groups excluding carboxylic acids is 1. The van der Waals surface area contributed by atoms with Gasteiger partial charge in [0.2, 0.25) is 5.91 Å². The lowest BCUT2D eigenvalue weighted by Gasteiger charge is -2.28. The number of benzene rings is 2. The first kappa shape index (κ1) is 28.7. The van der Waals surface area contributed by atoms with Crippen LogP contribution in [-0.2, 0) is 4.79 Å². The van der Waals surface area contributed by atoms with E-state index in [0.717, 1.165) is 33.9 Å². The number of aryl methyl sites for hydroxylation is 2. The molecule has 2 atom stereocenters. The van der Waals surface area contributed by atoms with Crippen LogP contribution in [0.2, 0.25) is 0 Å².